The number of para-hydroxylation sites is 1. The van der Waals surface area contributed by atoms with E-state index < -0.39 is 0 Å². The third kappa shape index (κ3) is 3.89. The smallest absolute Gasteiger partial charge is 0.252 e. The summed E-state index contributed by atoms with van der Waals surface area (Å²) in [5.41, 5.74) is 3.93. The van der Waals surface area contributed by atoms with E-state index in [0.29, 0.717) is 17.9 Å². The van der Waals surface area contributed by atoms with Gasteiger partial charge in [-0.1, -0.05) is 18.2 Å². The lowest BCUT2D eigenvalue weighted by molar-refractivity contribution is 0.0952. The number of pyridine rings is 3. The van der Waals surface area contributed by atoms with Crippen molar-refractivity contribution in [3.8, 4) is 17.1 Å². The van der Waals surface area contributed by atoms with E-state index in [4.69, 9.17) is 4.98 Å². The van der Waals surface area contributed by atoms with Gasteiger partial charge < -0.3 is 5.32 Å². The number of benzene rings is 1. The van der Waals surface area contributed by atoms with Crippen molar-refractivity contribution >= 4 is 16.8 Å². The molecule has 1 aromatic carbocycles. The molecule has 0 bridgehead atoms. The highest BCUT2D eigenvalue weighted by Gasteiger charge is 2.14. The summed E-state index contributed by atoms with van der Waals surface area (Å²) in [6.07, 6.45) is 8.67. The van der Waals surface area contributed by atoms with Gasteiger partial charge in [0.2, 0.25) is 0 Å². The number of carbonyl (C=O) groups is 1. The Balaban J connectivity index is 1.44. The van der Waals surface area contributed by atoms with Crippen LogP contribution < -0.4 is 5.32 Å². The second-order valence-electron chi connectivity index (χ2n) is 6.96. The molecule has 4 heterocycles. The number of amides is 1. The van der Waals surface area contributed by atoms with Crippen molar-refractivity contribution in [2.75, 3.05) is 0 Å². The van der Waals surface area contributed by atoms with Crippen LogP contribution in [0.4, 0.5) is 0 Å². The highest BCUT2D eigenvalue weighted by atomic mass is 16.1. The van der Waals surface area contributed by atoms with Crippen molar-refractivity contribution in [2.45, 2.75) is 6.54 Å². The molecule has 0 atom stereocenters. The molecule has 150 valence electrons. The summed E-state index contributed by atoms with van der Waals surface area (Å²) in [5, 5.41) is 8.03. The number of fused-ring (bicyclic) bond motifs is 1. The molecule has 0 aliphatic heterocycles. The zero-order valence-electron chi connectivity index (χ0n) is 16.5. The van der Waals surface area contributed by atoms with Gasteiger partial charge in [-0.2, -0.15) is 5.10 Å². The van der Waals surface area contributed by atoms with Crippen LogP contribution >= 0.6 is 0 Å². The summed E-state index contributed by atoms with van der Waals surface area (Å²) >= 11 is 0. The van der Waals surface area contributed by atoms with Gasteiger partial charge in [0.1, 0.15) is 0 Å². The maximum atomic E-state index is 13.1. The van der Waals surface area contributed by atoms with E-state index in [1.54, 1.807) is 29.5 Å². The van der Waals surface area contributed by atoms with Gasteiger partial charge >= 0.3 is 0 Å². The molecule has 0 aliphatic rings. The monoisotopic (exact) mass is 406 g/mol. The first kappa shape index (κ1) is 18.6. The van der Waals surface area contributed by atoms with Crippen LogP contribution in [0.15, 0.2) is 91.6 Å². The van der Waals surface area contributed by atoms with Crippen molar-refractivity contribution < 1.29 is 4.79 Å². The first-order valence-corrected chi connectivity index (χ1v) is 9.81. The van der Waals surface area contributed by atoms with Gasteiger partial charge in [-0.3, -0.25) is 9.78 Å². The maximum Gasteiger partial charge on any atom is 0.252 e. The summed E-state index contributed by atoms with van der Waals surface area (Å²) in [6, 6.07) is 18.9. The molecule has 4 aromatic heterocycles. The Morgan fingerprint density at radius 3 is 2.65 bits per heavy atom. The van der Waals surface area contributed by atoms with Crippen molar-refractivity contribution in [1.82, 2.24) is 30.0 Å². The Kier molecular flexibility index (Phi) is 4.90. The van der Waals surface area contributed by atoms with Crippen LogP contribution in [0.1, 0.15) is 15.9 Å². The van der Waals surface area contributed by atoms with Crippen LogP contribution in [0.3, 0.4) is 0 Å². The highest BCUT2D eigenvalue weighted by molar-refractivity contribution is 6.07. The fourth-order valence-electron chi connectivity index (χ4n) is 3.41. The molecule has 31 heavy (non-hydrogen) atoms. The summed E-state index contributed by atoms with van der Waals surface area (Å²) in [5.74, 6) is 0.539. The van der Waals surface area contributed by atoms with Crippen molar-refractivity contribution in [3.05, 3.63) is 103 Å². The lowest BCUT2D eigenvalue weighted by atomic mass is 10.0. The molecule has 0 saturated heterocycles. The van der Waals surface area contributed by atoms with Crippen LogP contribution in [0, 0.1) is 0 Å². The normalized spacial score (nSPS) is 10.8. The number of aromatic nitrogens is 5. The van der Waals surface area contributed by atoms with Crippen LogP contribution in [-0.4, -0.2) is 30.6 Å². The summed E-state index contributed by atoms with van der Waals surface area (Å²) in [4.78, 5) is 26.3. The van der Waals surface area contributed by atoms with Crippen molar-refractivity contribution in [1.29, 1.82) is 0 Å². The fourth-order valence-corrected chi connectivity index (χ4v) is 3.41. The molecule has 0 fully saturated rings. The molecule has 7 heteroatoms. The predicted octanol–water partition coefficient (Wildman–Crippen LogP) is 3.81. The third-order valence-electron chi connectivity index (χ3n) is 4.94. The second kappa shape index (κ2) is 8.16. The Hall–Kier alpha value is -4.39. The van der Waals surface area contributed by atoms with E-state index in [2.05, 4.69) is 20.4 Å². The minimum Gasteiger partial charge on any atom is -0.348 e. The first-order chi connectivity index (χ1) is 15.3. The number of carbonyl (C=O) groups excluding carboxylic acids is 1. The molecular formula is C24H18N6O. The average molecular weight is 406 g/mol. The van der Waals surface area contributed by atoms with E-state index in [9.17, 15) is 4.79 Å². The van der Waals surface area contributed by atoms with Gasteiger partial charge in [0.05, 0.1) is 16.8 Å². The highest BCUT2D eigenvalue weighted by Crippen LogP contribution is 2.24. The van der Waals surface area contributed by atoms with Gasteiger partial charge in [0.25, 0.3) is 5.91 Å². The molecule has 0 radical (unpaired) electrons. The quantitative estimate of drug-likeness (QED) is 0.480. The topological polar surface area (TPSA) is 85.6 Å². The van der Waals surface area contributed by atoms with Gasteiger partial charge in [0, 0.05) is 48.5 Å². The molecule has 0 spiro atoms. The number of rotatable bonds is 5. The summed E-state index contributed by atoms with van der Waals surface area (Å²) in [6.45, 7) is 0.372. The largest absolute Gasteiger partial charge is 0.348 e. The van der Waals surface area contributed by atoms with E-state index in [1.165, 1.54) is 0 Å². The SMILES string of the molecule is O=C(NCc1ccnc(-n2cccn2)c1)c1cc(-c2ccncc2)nc2ccccc12. The van der Waals surface area contributed by atoms with Gasteiger partial charge in [-0.05, 0) is 48.0 Å². The zero-order chi connectivity index (χ0) is 21.0. The molecular weight excluding hydrogens is 388 g/mol. The van der Waals surface area contributed by atoms with E-state index in [0.717, 1.165) is 27.7 Å². The van der Waals surface area contributed by atoms with Crippen molar-refractivity contribution in [3.63, 3.8) is 0 Å². The van der Waals surface area contributed by atoms with E-state index in [-0.39, 0.29) is 5.91 Å². The summed E-state index contributed by atoms with van der Waals surface area (Å²) in [7, 11) is 0. The minimum absolute atomic E-state index is 0.161. The average Bonchev–Trinajstić information content (AvgIpc) is 3.38. The van der Waals surface area contributed by atoms with E-state index in [1.807, 2.05) is 66.9 Å². The number of nitrogens with one attached hydrogen (secondary N) is 1. The third-order valence-corrected chi connectivity index (χ3v) is 4.94. The molecule has 5 aromatic rings. The van der Waals surface area contributed by atoms with Crippen LogP contribution in [0.2, 0.25) is 0 Å². The zero-order valence-corrected chi connectivity index (χ0v) is 16.5. The Morgan fingerprint density at radius 2 is 1.81 bits per heavy atom. The maximum absolute atomic E-state index is 13.1. The molecule has 0 saturated carbocycles. The molecule has 0 aliphatic carbocycles. The molecule has 1 N–H and O–H groups in total. The second-order valence-corrected chi connectivity index (χ2v) is 6.96. The predicted molar refractivity (Wildman–Crippen MR) is 118 cm³/mol. The molecule has 1 amide bonds. The molecule has 0 unspecified atom stereocenters. The Morgan fingerprint density at radius 1 is 0.935 bits per heavy atom. The number of nitrogens with zero attached hydrogens (tertiary/aromatic N) is 5. The fraction of sp³-hybridized carbons (Fsp3) is 0.0417. The van der Waals surface area contributed by atoms with Crippen LogP contribution in [0.5, 0.6) is 0 Å². The first-order valence-electron chi connectivity index (χ1n) is 9.81. The van der Waals surface area contributed by atoms with E-state index >= 15 is 0 Å². The van der Waals surface area contributed by atoms with Gasteiger partial charge in [0.15, 0.2) is 5.82 Å². The number of hydrogen-bond donors (Lipinski definition) is 1. The molecule has 5 rings (SSSR count). The minimum atomic E-state index is -0.161. The lowest BCUT2D eigenvalue weighted by Crippen LogP contribution is -2.23. The molecule has 7 nitrogen and oxygen atoms in total. The van der Waals surface area contributed by atoms with Crippen LogP contribution in [0.25, 0.3) is 28.0 Å². The van der Waals surface area contributed by atoms with Gasteiger partial charge in [-0.25, -0.2) is 14.6 Å². The van der Waals surface area contributed by atoms with Crippen LogP contribution in [-0.2, 0) is 6.54 Å². The van der Waals surface area contributed by atoms with Gasteiger partial charge in [-0.15, -0.1) is 0 Å². The Bertz CT molecular complexity index is 1350. The van der Waals surface area contributed by atoms with Crippen molar-refractivity contribution in [2.24, 2.45) is 0 Å². The number of hydrogen-bond acceptors (Lipinski definition) is 5. The summed E-state index contributed by atoms with van der Waals surface area (Å²) < 4.78 is 1.68. The lowest BCUT2D eigenvalue weighted by Gasteiger charge is -2.11. The Labute approximate surface area is 178 Å². The standard InChI is InChI=1S/C24H18N6O/c31-24(27-16-17-6-12-26-23(14-17)30-13-3-9-28-30)20-15-22(18-7-10-25-11-8-18)29-21-5-2-1-4-19(20)21/h1-15H,16H2,(H,27,31).